The summed E-state index contributed by atoms with van der Waals surface area (Å²) in [6, 6.07) is 7.31. The van der Waals surface area contributed by atoms with E-state index < -0.39 is 0 Å². The van der Waals surface area contributed by atoms with Crippen LogP contribution >= 0.6 is 0 Å². The molecule has 0 bridgehead atoms. The molecule has 1 saturated heterocycles. The van der Waals surface area contributed by atoms with E-state index in [1.165, 1.54) is 0 Å². The first-order valence-corrected chi connectivity index (χ1v) is 8.74. The van der Waals surface area contributed by atoms with E-state index in [4.69, 9.17) is 4.74 Å². The number of hydrogen-bond donors (Lipinski definition) is 0. The molecule has 3 heterocycles. The Hall–Kier alpha value is -2.96. The van der Waals surface area contributed by atoms with Crippen LogP contribution in [-0.2, 0) is 7.05 Å². The van der Waals surface area contributed by atoms with E-state index in [9.17, 15) is 4.79 Å². The van der Waals surface area contributed by atoms with Crippen LogP contribution < -0.4 is 4.74 Å². The largest absolute Gasteiger partial charge is 0.497 e. The highest BCUT2D eigenvalue weighted by atomic mass is 16.5. The van der Waals surface area contributed by atoms with Crippen LogP contribution in [0.1, 0.15) is 34.8 Å². The average Bonchev–Trinajstić information content (AvgIpc) is 3.04. The van der Waals surface area contributed by atoms with Gasteiger partial charge < -0.3 is 9.64 Å². The minimum Gasteiger partial charge on any atom is -0.497 e. The van der Waals surface area contributed by atoms with Crippen molar-refractivity contribution in [2.24, 2.45) is 7.05 Å². The summed E-state index contributed by atoms with van der Waals surface area (Å²) in [5.74, 6) is 1.04. The van der Waals surface area contributed by atoms with E-state index in [2.05, 4.69) is 15.1 Å². The average molecular weight is 351 g/mol. The molecule has 0 atom stereocenters. The summed E-state index contributed by atoms with van der Waals surface area (Å²) >= 11 is 0. The van der Waals surface area contributed by atoms with E-state index in [0.717, 1.165) is 29.7 Å². The summed E-state index contributed by atoms with van der Waals surface area (Å²) in [6.45, 7) is 1.41. The predicted molar refractivity (Wildman–Crippen MR) is 97.2 cm³/mol. The molecule has 0 N–H and O–H groups in total. The molecular weight excluding hydrogens is 330 g/mol. The van der Waals surface area contributed by atoms with Crippen LogP contribution in [0.5, 0.6) is 5.75 Å². The van der Waals surface area contributed by atoms with Gasteiger partial charge in [0.15, 0.2) is 5.65 Å². The van der Waals surface area contributed by atoms with Crippen molar-refractivity contribution in [3.63, 3.8) is 0 Å². The molecular formula is C19H21N5O2. The second kappa shape index (κ2) is 6.74. The Kier molecular flexibility index (Phi) is 4.28. The van der Waals surface area contributed by atoms with Crippen molar-refractivity contribution in [3.05, 3.63) is 47.9 Å². The number of ether oxygens (including phenoxy) is 1. The molecule has 7 nitrogen and oxygen atoms in total. The second-order valence-corrected chi connectivity index (χ2v) is 6.54. The maximum absolute atomic E-state index is 12.8. The van der Waals surface area contributed by atoms with Gasteiger partial charge in [0, 0.05) is 44.0 Å². The van der Waals surface area contributed by atoms with E-state index in [1.54, 1.807) is 30.3 Å². The number of aryl methyl sites for hydroxylation is 1. The third kappa shape index (κ3) is 2.89. The van der Waals surface area contributed by atoms with Gasteiger partial charge in [0.2, 0.25) is 0 Å². The lowest BCUT2D eigenvalue weighted by Crippen LogP contribution is -2.38. The van der Waals surface area contributed by atoms with E-state index in [0.29, 0.717) is 30.3 Å². The lowest BCUT2D eigenvalue weighted by atomic mass is 9.92. The maximum atomic E-state index is 12.8. The number of amides is 1. The van der Waals surface area contributed by atoms with Crippen LogP contribution in [0.2, 0.25) is 0 Å². The number of piperidine rings is 1. The van der Waals surface area contributed by atoms with Gasteiger partial charge in [-0.2, -0.15) is 5.10 Å². The smallest absolute Gasteiger partial charge is 0.253 e. The van der Waals surface area contributed by atoms with Crippen molar-refractivity contribution >= 4 is 17.1 Å². The normalized spacial score (nSPS) is 15.4. The lowest BCUT2D eigenvalue weighted by Gasteiger charge is -2.31. The number of nitrogens with zero attached hydrogens (tertiary/aromatic N) is 5. The highest BCUT2D eigenvalue weighted by Crippen LogP contribution is 2.31. The molecule has 0 radical (unpaired) electrons. The van der Waals surface area contributed by atoms with Gasteiger partial charge in [-0.1, -0.05) is 6.07 Å². The van der Waals surface area contributed by atoms with Gasteiger partial charge in [-0.15, -0.1) is 0 Å². The Morgan fingerprint density at radius 3 is 2.73 bits per heavy atom. The summed E-state index contributed by atoms with van der Waals surface area (Å²) in [5, 5.41) is 4.64. The molecule has 3 aromatic rings. The fourth-order valence-electron chi connectivity index (χ4n) is 3.57. The number of rotatable bonds is 3. The molecule has 0 spiro atoms. The third-order valence-electron chi connectivity index (χ3n) is 4.97. The van der Waals surface area contributed by atoms with Gasteiger partial charge in [0.05, 0.1) is 12.8 Å². The molecule has 7 heteroatoms. The SMILES string of the molecule is COc1cccc(C(=O)N2CCC(c3nn(C)c4nccnc34)CC2)c1. The van der Waals surface area contributed by atoms with Gasteiger partial charge in [0.1, 0.15) is 11.3 Å². The molecule has 0 saturated carbocycles. The second-order valence-electron chi connectivity index (χ2n) is 6.54. The van der Waals surface area contributed by atoms with Crippen molar-refractivity contribution in [3.8, 4) is 5.75 Å². The van der Waals surface area contributed by atoms with Gasteiger partial charge in [0.25, 0.3) is 5.91 Å². The molecule has 0 unspecified atom stereocenters. The molecule has 26 heavy (non-hydrogen) atoms. The first-order chi connectivity index (χ1) is 12.7. The monoisotopic (exact) mass is 351 g/mol. The summed E-state index contributed by atoms with van der Waals surface area (Å²) in [6.07, 6.45) is 5.13. The number of methoxy groups -OCH3 is 1. The Bertz CT molecular complexity index is 944. The Balaban J connectivity index is 1.49. The summed E-state index contributed by atoms with van der Waals surface area (Å²) < 4.78 is 7.00. The lowest BCUT2D eigenvalue weighted by molar-refractivity contribution is 0.0712. The van der Waals surface area contributed by atoms with Crippen molar-refractivity contribution in [2.75, 3.05) is 20.2 Å². The fourth-order valence-corrected chi connectivity index (χ4v) is 3.57. The summed E-state index contributed by atoms with van der Waals surface area (Å²) in [5.41, 5.74) is 3.32. The molecule has 1 amide bonds. The van der Waals surface area contributed by atoms with Crippen LogP contribution in [0.4, 0.5) is 0 Å². The summed E-state index contributed by atoms with van der Waals surface area (Å²) in [4.78, 5) is 23.5. The molecule has 134 valence electrons. The summed E-state index contributed by atoms with van der Waals surface area (Å²) in [7, 11) is 3.50. The molecule has 1 aliphatic rings. The van der Waals surface area contributed by atoms with Crippen LogP contribution in [0.3, 0.4) is 0 Å². The molecule has 1 aromatic carbocycles. The van der Waals surface area contributed by atoms with Gasteiger partial charge in [-0.25, -0.2) is 14.6 Å². The Morgan fingerprint density at radius 1 is 1.19 bits per heavy atom. The highest BCUT2D eigenvalue weighted by molar-refractivity contribution is 5.94. The molecule has 1 aliphatic heterocycles. The minimum absolute atomic E-state index is 0.0491. The predicted octanol–water partition coefficient (Wildman–Crippen LogP) is 2.39. The van der Waals surface area contributed by atoms with E-state index in [-0.39, 0.29) is 5.91 Å². The standard InChI is InChI=1S/C19H21N5O2/c1-23-18-17(20-8-9-21-18)16(22-23)13-6-10-24(11-7-13)19(25)14-4-3-5-15(12-14)26-2/h3-5,8-9,12-13H,6-7,10-11H2,1-2H3. The Labute approximate surface area is 151 Å². The highest BCUT2D eigenvalue weighted by Gasteiger charge is 2.28. The van der Waals surface area contributed by atoms with E-state index >= 15 is 0 Å². The number of fused-ring (bicyclic) bond motifs is 1. The fraction of sp³-hybridized carbons (Fsp3) is 0.368. The molecule has 2 aromatic heterocycles. The molecule has 0 aliphatic carbocycles. The number of carbonyl (C=O) groups excluding carboxylic acids is 1. The topological polar surface area (TPSA) is 73.1 Å². The first kappa shape index (κ1) is 16.5. The van der Waals surface area contributed by atoms with Crippen molar-refractivity contribution < 1.29 is 9.53 Å². The number of aromatic nitrogens is 4. The minimum atomic E-state index is 0.0491. The number of likely N-dealkylation sites (tertiary alicyclic amines) is 1. The molecule has 1 fully saturated rings. The maximum Gasteiger partial charge on any atom is 0.253 e. The van der Waals surface area contributed by atoms with Gasteiger partial charge >= 0.3 is 0 Å². The number of carbonyl (C=O) groups is 1. The number of hydrogen-bond acceptors (Lipinski definition) is 5. The van der Waals surface area contributed by atoms with Crippen molar-refractivity contribution in [1.29, 1.82) is 0 Å². The van der Waals surface area contributed by atoms with E-state index in [1.807, 2.05) is 30.1 Å². The quantitative estimate of drug-likeness (QED) is 0.724. The van der Waals surface area contributed by atoms with Crippen LogP contribution in [0.25, 0.3) is 11.2 Å². The third-order valence-corrected chi connectivity index (χ3v) is 4.97. The van der Waals surface area contributed by atoms with Gasteiger partial charge in [-0.3, -0.25) is 4.79 Å². The van der Waals surface area contributed by atoms with Gasteiger partial charge in [-0.05, 0) is 31.0 Å². The first-order valence-electron chi connectivity index (χ1n) is 8.74. The van der Waals surface area contributed by atoms with Crippen LogP contribution in [-0.4, -0.2) is 50.8 Å². The molecule has 4 rings (SSSR count). The Morgan fingerprint density at radius 2 is 1.96 bits per heavy atom. The zero-order valence-corrected chi connectivity index (χ0v) is 14.9. The number of benzene rings is 1. The van der Waals surface area contributed by atoms with Crippen LogP contribution in [0, 0.1) is 0 Å². The van der Waals surface area contributed by atoms with Crippen molar-refractivity contribution in [2.45, 2.75) is 18.8 Å². The zero-order chi connectivity index (χ0) is 18.1. The zero-order valence-electron chi connectivity index (χ0n) is 14.9. The van der Waals surface area contributed by atoms with Crippen LogP contribution in [0.15, 0.2) is 36.7 Å². The van der Waals surface area contributed by atoms with Crippen molar-refractivity contribution in [1.82, 2.24) is 24.6 Å².